The average Bonchev–Trinajstić information content (AvgIpc) is 2.02. The van der Waals surface area contributed by atoms with E-state index < -0.39 is 5.60 Å². The molecule has 1 fully saturated rings. The fourth-order valence-electron chi connectivity index (χ4n) is 1.96. The van der Waals surface area contributed by atoms with Gasteiger partial charge in [-0.25, -0.2) is 4.39 Å². The molecule has 2 heteroatoms. The van der Waals surface area contributed by atoms with Gasteiger partial charge in [-0.15, -0.1) is 0 Å². The van der Waals surface area contributed by atoms with Crippen molar-refractivity contribution in [1.29, 1.82) is 0 Å². The summed E-state index contributed by atoms with van der Waals surface area (Å²) < 4.78 is 12.9. The molecule has 0 saturated heterocycles. The number of aliphatic hydroxyl groups is 1. The molecule has 0 amide bonds. The summed E-state index contributed by atoms with van der Waals surface area (Å²) in [5.41, 5.74) is 0.282. The summed E-state index contributed by atoms with van der Waals surface area (Å²) in [4.78, 5) is 0. The van der Waals surface area contributed by atoms with Crippen molar-refractivity contribution in [2.45, 2.75) is 31.3 Å². The standard InChI is InChI=1S/C11H13FO/c1-11(13)6-5-10(11)8-3-2-4-9(12)7-8/h2-4,7,10,13H,5-6H2,1H3/t10-,11?/m1/s1. The predicted molar refractivity (Wildman–Crippen MR) is 49.0 cm³/mol. The van der Waals surface area contributed by atoms with Crippen LogP contribution in [0.25, 0.3) is 0 Å². The van der Waals surface area contributed by atoms with Crippen LogP contribution in [0.2, 0.25) is 0 Å². The van der Waals surface area contributed by atoms with E-state index in [1.807, 2.05) is 13.0 Å². The van der Waals surface area contributed by atoms with E-state index in [1.54, 1.807) is 6.07 Å². The van der Waals surface area contributed by atoms with Crippen LogP contribution in [0.4, 0.5) is 4.39 Å². The van der Waals surface area contributed by atoms with Crippen molar-refractivity contribution in [3.8, 4) is 0 Å². The first-order valence-corrected chi connectivity index (χ1v) is 4.57. The smallest absolute Gasteiger partial charge is 0.123 e. The largest absolute Gasteiger partial charge is 0.390 e. The summed E-state index contributed by atoms with van der Waals surface area (Å²) in [5.74, 6) is -0.108. The number of rotatable bonds is 1. The van der Waals surface area contributed by atoms with Crippen LogP contribution in [-0.4, -0.2) is 10.7 Å². The van der Waals surface area contributed by atoms with Gasteiger partial charge in [-0.1, -0.05) is 12.1 Å². The van der Waals surface area contributed by atoms with Crippen molar-refractivity contribution < 1.29 is 9.50 Å². The highest BCUT2D eigenvalue weighted by Crippen LogP contribution is 2.45. The number of hydrogen-bond acceptors (Lipinski definition) is 1. The predicted octanol–water partition coefficient (Wildman–Crippen LogP) is 2.45. The maximum Gasteiger partial charge on any atom is 0.123 e. The van der Waals surface area contributed by atoms with Gasteiger partial charge < -0.3 is 5.11 Å². The minimum atomic E-state index is -0.631. The Labute approximate surface area is 77.2 Å². The summed E-state index contributed by atoms with van der Waals surface area (Å²) in [6.07, 6.45) is 1.77. The molecule has 1 N–H and O–H groups in total. The molecule has 0 radical (unpaired) electrons. The molecule has 0 aromatic heterocycles. The van der Waals surface area contributed by atoms with Gasteiger partial charge in [-0.3, -0.25) is 0 Å². The minimum absolute atomic E-state index is 0.114. The van der Waals surface area contributed by atoms with Gasteiger partial charge in [0.1, 0.15) is 5.82 Å². The summed E-state index contributed by atoms with van der Waals surface area (Å²) in [6, 6.07) is 6.51. The fraction of sp³-hybridized carbons (Fsp3) is 0.455. The van der Waals surface area contributed by atoms with Gasteiger partial charge in [0.05, 0.1) is 5.60 Å². The van der Waals surface area contributed by atoms with Crippen LogP contribution in [0, 0.1) is 5.82 Å². The monoisotopic (exact) mass is 180 g/mol. The van der Waals surface area contributed by atoms with E-state index >= 15 is 0 Å². The summed E-state index contributed by atoms with van der Waals surface area (Å²) >= 11 is 0. The highest BCUT2D eigenvalue weighted by molar-refractivity contribution is 5.26. The quantitative estimate of drug-likeness (QED) is 0.703. The van der Waals surface area contributed by atoms with Crippen molar-refractivity contribution in [3.63, 3.8) is 0 Å². The van der Waals surface area contributed by atoms with E-state index in [4.69, 9.17) is 0 Å². The second-order valence-corrected chi connectivity index (χ2v) is 4.00. The molecule has 1 aromatic carbocycles. The molecule has 1 nitrogen and oxygen atoms in total. The van der Waals surface area contributed by atoms with Crippen LogP contribution < -0.4 is 0 Å². The van der Waals surface area contributed by atoms with Gasteiger partial charge in [0.15, 0.2) is 0 Å². The van der Waals surface area contributed by atoms with Crippen molar-refractivity contribution in [2.75, 3.05) is 0 Å². The van der Waals surface area contributed by atoms with E-state index in [1.165, 1.54) is 12.1 Å². The zero-order valence-electron chi connectivity index (χ0n) is 7.63. The van der Waals surface area contributed by atoms with Crippen molar-refractivity contribution in [1.82, 2.24) is 0 Å². The Morgan fingerprint density at radius 3 is 2.77 bits per heavy atom. The first-order valence-electron chi connectivity index (χ1n) is 4.57. The van der Waals surface area contributed by atoms with Crippen LogP contribution in [0.1, 0.15) is 31.2 Å². The second-order valence-electron chi connectivity index (χ2n) is 4.00. The highest BCUT2D eigenvalue weighted by Gasteiger charge is 2.41. The van der Waals surface area contributed by atoms with Gasteiger partial charge in [0.2, 0.25) is 0 Å². The molecule has 70 valence electrons. The van der Waals surface area contributed by atoms with Gasteiger partial charge in [0, 0.05) is 5.92 Å². The molecular weight excluding hydrogens is 167 g/mol. The lowest BCUT2D eigenvalue weighted by Crippen LogP contribution is -2.42. The summed E-state index contributed by atoms with van der Waals surface area (Å²) in [6.45, 7) is 1.81. The van der Waals surface area contributed by atoms with Crippen LogP contribution in [0.3, 0.4) is 0 Å². The molecule has 2 atom stereocenters. The van der Waals surface area contributed by atoms with Crippen LogP contribution in [-0.2, 0) is 0 Å². The average molecular weight is 180 g/mol. The molecule has 1 aliphatic carbocycles. The van der Waals surface area contributed by atoms with E-state index in [9.17, 15) is 9.50 Å². The lowest BCUT2D eigenvalue weighted by atomic mass is 9.67. The Kier molecular flexibility index (Phi) is 1.88. The van der Waals surface area contributed by atoms with E-state index in [2.05, 4.69) is 0 Å². The summed E-state index contributed by atoms with van der Waals surface area (Å²) in [7, 11) is 0. The summed E-state index contributed by atoms with van der Waals surface area (Å²) in [5, 5.41) is 9.79. The molecule has 2 rings (SSSR count). The third kappa shape index (κ3) is 1.46. The maximum atomic E-state index is 12.9. The molecule has 1 unspecified atom stereocenters. The molecule has 1 saturated carbocycles. The maximum absolute atomic E-state index is 12.9. The lowest BCUT2D eigenvalue weighted by molar-refractivity contribution is -0.0406. The van der Waals surface area contributed by atoms with Crippen molar-refractivity contribution >= 4 is 0 Å². The highest BCUT2D eigenvalue weighted by atomic mass is 19.1. The SMILES string of the molecule is CC1(O)CC[C@@H]1c1cccc(F)c1. The molecule has 1 aromatic rings. The number of benzene rings is 1. The molecule has 13 heavy (non-hydrogen) atoms. The minimum Gasteiger partial charge on any atom is -0.390 e. The second kappa shape index (κ2) is 2.81. The molecule has 0 aliphatic heterocycles. The molecule has 1 aliphatic rings. The van der Waals surface area contributed by atoms with E-state index in [-0.39, 0.29) is 11.7 Å². The first-order chi connectivity index (χ1) is 6.09. The van der Waals surface area contributed by atoms with Gasteiger partial charge in [-0.2, -0.15) is 0 Å². The first kappa shape index (κ1) is 8.70. The number of hydrogen-bond donors (Lipinski definition) is 1. The Balaban J connectivity index is 2.26. The normalized spacial score (nSPS) is 32.7. The Bertz CT molecular complexity index is 320. The van der Waals surface area contributed by atoms with Crippen LogP contribution >= 0.6 is 0 Å². The lowest BCUT2D eigenvalue weighted by Gasteiger charge is -2.43. The van der Waals surface area contributed by atoms with Crippen molar-refractivity contribution in [2.24, 2.45) is 0 Å². The van der Waals surface area contributed by atoms with E-state index in [0.29, 0.717) is 0 Å². The molecule has 0 heterocycles. The van der Waals surface area contributed by atoms with Gasteiger partial charge in [0.25, 0.3) is 0 Å². The van der Waals surface area contributed by atoms with E-state index in [0.717, 1.165) is 18.4 Å². The molecular formula is C11H13FO. The zero-order valence-corrected chi connectivity index (χ0v) is 7.63. The van der Waals surface area contributed by atoms with Gasteiger partial charge in [-0.05, 0) is 37.5 Å². The third-order valence-electron chi connectivity index (χ3n) is 2.94. The zero-order chi connectivity index (χ0) is 9.47. The van der Waals surface area contributed by atoms with Crippen molar-refractivity contribution in [3.05, 3.63) is 35.6 Å². The Hall–Kier alpha value is -0.890. The molecule has 0 bridgehead atoms. The Morgan fingerprint density at radius 2 is 2.31 bits per heavy atom. The molecule has 0 spiro atoms. The topological polar surface area (TPSA) is 20.2 Å². The van der Waals surface area contributed by atoms with Crippen LogP contribution in [0.15, 0.2) is 24.3 Å². The number of halogens is 1. The van der Waals surface area contributed by atoms with Crippen LogP contribution in [0.5, 0.6) is 0 Å². The fourth-order valence-corrected chi connectivity index (χ4v) is 1.96. The van der Waals surface area contributed by atoms with Gasteiger partial charge >= 0.3 is 0 Å². The third-order valence-corrected chi connectivity index (χ3v) is 2.94. The Morgan fingerprint density at radius 1 is 1.54 bits per heavy atom.